The van der Waals surface area contributed by atoms with E-state index in [1.54, 1.807) is 0 Å². The fraction of sp³-hybridized carbons (Fsp3) is 0.375. The molecule has 0 N–H and O–H groups in total. The van der Waals surface area contributed by atoms with Crippen LogP contribution in [-0.4, -0.2) is 16.9 Å². The maximum absolute atomic E-state index is 4.25. The van der Waals surface area contributed by atoms with Gasteiger partial charge in [0.05, 0.1) is 0 Å². The van der Waals surface area contributed by atoms with Crippen LogP contribution in [0.4, 0.5) is 0 Å². The van der Waals surface area contributed by atoms with Gasteiger partial charge in [0.2, 0.25) is 0 Å². The Labute approximate surface area is 79.8 Å². The Morgan fingerprint density at radius 3 is 3.00 bits per heavy atom. The van der Waals surface area contributed by atoms with E-state index in [1.807, 2.05) is 6.20 Å². The number of halogens is 1. The third-order valence-corrected chi connectivity index (χ3v) is 2.52. The second kappa shape index (κ2) is 2.71. The lowest BCUT2D eigenvalue weighted by molar-refractivity contribution is 0.353. The molecule has 1 aromatic heterocycles. The molecular formula is C8H9IN2. The number of nitrogens with zero attached hydrogens (tertiary/aromatic N) is 2. The fourth-order valence-corrected chi connectivity index (χ4v) is 1.94. The molecule has 2 nitrogen and oxygen atoms in total. The van der Waals surface area contributed by atoms with Gasteiger partial charge in [-0.2, -0.15) is 0 Å². The molecule has 0 amide bonds. The van der Waals surface area contributed by atoms with Crippen molar-refractivity contribution in [3.8, 4) is 0 Å². The maximum atomic E-state index is 4.25. The Kier molecular flexibility index (Phi) is 1.85. The van der Waals surface area contributed by atoms with Gasteiger partial charge in [-0.1, -0.05) is 0 Å². The van der Waals surface area contributed by atoms with Crippen LogP contribution in [0.1, 0.15) is 11.1 Å². The van der Waals surface area contributed by atoms with Gasteiger partial charge in [-0.15, -0.1) is 0 Å². The predicted octanol–water partition coefficient (Wildman–Crippen LogP) is 1.63. The van der Waals surface area contributed by atoms with Gasteiger partial charge < -0.3 is 0 Å². The van der Waals surface area contributed by atoms with Crippen molar-refractivity contribution in [2.45, 2.75) is 13.1 Å². The summed E-state index contributed by atoms with van der Waals surface area (Å²) in [7, 11) is 2.13. The van der Waals surface area contributed by atoms with Crippen molar-refractivity contribution in [3.05, 3.63) is 27.1 Å². The summed E-state index contributed by atoms with van der Waals surface area (Å²) in [5.41, 5.74) is 2.82. The Balaban J connectivity index is 2.43. The number of rotatable bonds is 0. The highest BCUT2D eigenvalue weighted by Gasteiger charge is 2.15. The second-order valence-corrected chi connectivity index (χ2v) is 4.05. The largest absolute Gasteiger partial charge is 0.298 e. The first-order valence-electron chi connectivity index (χ1n) is 3.57. The van der Waals surface area contributed by atoms with Crippen LogP contribution < -0.4 is 0 Å². The zero-order chi connectivity index (χ0) is 7.84. The van der Waals surface area contributed by atoms with Gasteiger partial charge in [0.25, 0.3) is 0 Å². The van der Waals surface area contributed by atoms with Crippen LogP contribution in [-0.2, 0) is 13.1 Å². The fourth-order valence-electron chi connectivity index (χ4n) is 1.42. The van der Waals surface area contributed by atoms with E-state index in [-0.39, 0.29) is 0 Å². The third-order valence-electron chi connectivity index (χ3n) is 1.93. The second-order valence-electron chi connectivity index (χ2n) is 2.95. The van der Waals surface area contributed by atoms with E-state index in [9.17, 15) is 0 Å². The lowest BCUT2D eigenvalue weighted by Gasteiger charge is -2.02. The van der Waals surface area contributed by atoms with Crippen molar-refractivity contribution in [1.82, 2.24) is 9.88 Å². The SMILES string of the molecule is CN1Cc2cnc(I)cc2C1. The number of aromatic nitrogens is 1. The Bertz CT molecular complexity index is 285. The molecule has 0 bridgehead atoms. The number of pyridine rings is 1. The molecule has 0 saturated carbocycles. The highest BCUT2D eigenvalue weighted by molar-refractivity contribution is 14.1. The molecule has 58 valence electrons. The molecule has 2 heterocycles. The van der Waals surface area contributed by atoms with Crippen LogP contribution in [0.3, 0.4) is 0 Å². The highest BCUT2D eigenvalue weighted by atomic mass is 127. The van der Waals surface area contributed by atoms with Crippen molar-refractivity contribution in [3.63, 3.8) is 0 Å². The van der Waals surface area contributed by atoms with Gasteiger partial charge in [-0.05, 0) is 46.8 Å². The highest BCUT2D eigenvalue weighted by Crippen LogP contribution is 2.21. The van der Waals surface area contributed by atoms with E-state index in [4.69, 9.17) is 0 Å². The molecule has 1 aliphatic heterocycles. The molecule has 0 spiro atoms. The lowest BCUT2D eigenvalue weighted by atomic mass is 10.2. The van der Waals surface area contributed by atoms with Gasteiger partial charge in [-0.3, -0.25) is 4.90 Å². The molecule has 0 fully saturated rings. The van der Waals surface area contributed by atoms with Crippen LogP contribution in [0.25, 0.3) is 0 Å². The summed E-state index contributed by atoms with van der Waals surface area (Å²) in [6.45, 7) is 2.13. The van der Waals surface area contributed by atoms with E-state index < -0.39 is 0 Å². The number of hydrogen-bond acceptors (Lipinski definition) is 2. The first kappa shape index (κ1) is 7.49. The van der Waals surface area contributed by atoms with E-state index in [0.717, 1.165) is 16.8 Å². The van der Waals surface area contributed by atoms with Gasteiger partial charge in [0, 0.05) is 19.3 Å². The average molecular weight is 260 g/mol. The molecule has 0 atom stereocenters. The summed E-state index contributed by atoms with van der Waals surface area (Å²) in [5.74, 6) is 0. The predicted molar refractivity (Wildman–Crippen MR) is 52.1 cm³/mol. The van der Waals surface area contributed by atoms with Gasteiger partial charge >= 0.3 is 0 Å². The number of hydrogen-bond donors (Lipinski definition) is 0. The molecule has 1 aliphatic rings. The van der Waals surface area contributed by atoms with Crippen LogP contribution in [0.2, 0.25) is 0 Å². The summed E-state index contributed by atoms with van der Waals surface area (Å²) >= 11 is 2.25. The monoisotopic (exact) mass is 260 g/mol. The normalized spacial score (nSPS) is 16.9. The van der Waals surface area contributed by atoms with Crippen molar-refractivity contribution >= 4 is 22.6 Å². The molecule has 3 heteroatoms. The molecule has 1 aromatic rings. The Morgan fingerprint density at radius 1 is 1.45 bits per heavy atom. The summed E-state index contributed by atoms with van der Waals surface area (Å²) in [6, 6.07) is 2.17. The average Bonchev–Trinajstić information content (AvgIpc) is 2.27. The van der Waals surface area contributed by atoms with Crippen LogP contribution in [0.15, 0.2) is 12.3 Å². The minimum atomic E-state index is 1.05. The van der Waals surface area contributed by atoms with Crippen molar-refractivity contribution in [2.24, 2.45) is 0 Å². The summed E-state index contributed by atoms with van der Waals surface area (Å²) in [4.78, 5) is 6.54. The smallest absolute Gasteiger partial charge is 0.101 e. The van der Waals surface area contributed by atoms with Crippen LogP contribution >= 0.6 is 22.6 Å². The first-order valence-corrected chi connectivity index (χ1v) is 4.65. The summed E-state index contributed by atoms with van der Waals surface area (Å²) < 4.78 is 1.09. The quantitative estimate of drug-likeness (QED) is 0.520. The van der Waals surface area contributed by atoms with E-state index in [1.165, 1.54) is 11.1 Å². The molecule has 11 heavy (non-hydrogen) atoms. The maximum Gasteiger partial charge on any atom is 0.101 e. The number of fused-ring (bicyclic) bond motifs is 1. The zero-order valence-corrected chi connectivity index (χ0v) is 8.50. The topological polar surface area (TPSA) is 16.1 Å². The first-order chi connectivity index (χ1) is 5.25. The summed E-state index contributed by atoms with van der Waals surface area (Å²) in [5, 5.41) is 0. The van der Waals surface area contributed by atoms with Crippen molar-refractivity contribution in [1.29, 1.82) is 0 Å². The molecule has 0 aromatic carbocycles. The van der Waals surface area contributed by atoms with Crippen molar-refractivity contribution in [2.75, 3.05) is 7.05 Å². The molecule has 0 saturated heterocycles. The van der Waals surface area contributed by atoms with E-state index in [2.05, 4.69) is 45.6 Å². The van der Waals surface area contributed by atoms with Gasteiger partial charge in [0.15, 0.2) is 0 Å². The Hall–Kier alpha value is -0.160. The van der Waals surface area contributed by atoms with Gasteiger partial charge in [0.1, 0.15) is 3.70 Å². The standard InChI is InChI=1S/C8H9IN2/c1-11-4-6-2-8(9)10-3-7(6)5-11/h2-3H,4-5H2,1H3. The molecular weight excluding hydrogens is 251 g/mol. The molecule has 2 rings (SSSR count). The zero-order valence-electron chi connectivity index (χ0n) is 6.34. The molecule has 0 unspecified atom stereocenters. The third kappa shape index (κ3) is 1.39. The van der Waals surface area contributed by atoms with Crippen LogP contribution in [0.5, 0.6) is 0 Å². The Morgan fingerprint density at radius 2 is 2.18 bits per heavy atom. The minimum absolute atomic E-state index is 1.05. The lowest BCUT2D eigenvalue weighted by Crippen LogP contribution is -2.07. The minimum Gasteiger partial charge on any atom is -0.298 e. The van der Waals surface area contributed by atoms with Crippen molar-refractivity contribution < 1.29 is 0 Å². The molecule has 0 radical (unpaired) electrons. The van der Waals surface area contributed by atoms with E-state index >= 15 is 0 Å². The van der Waals surface area contributed by atoms with Crippen LogP contribution in [0, 0.1) is 3.70 Å². The summed E-state index contributed by atoms with van der Waals surface area (Å²) in [6.07, 6.45) is 1.99. The van der Waals surface area contributed by atoms with Gasteiger partial charge in [-0.25, -0.2) is 4.98 Å². The van der Waals surface area contributed by atoms with E-state index in [0.29, 0.717) is 0 Å². The molecule has 0 aliphatic carbocycles.